The molecule has 0 aromatic heterocycles. The second kappa shape index (κ2) is 4.78. The molecule has 2 aliphatic rings. The largest absolute Gasteiger partial charge is 0.352 e. The van der Waals surface area contributed by atoms with Crippen LogP contribution in [-0.4, -0.2) is 25.0 Å². The first-order chi connectivity index (χ1) is 6.86. The normalized spacial score (nSPS) is 29.0. The molecule has 0 aromatic rings. The number of hydrogen-bond acceptors (Lipinski definition) is 2. The van der Waals surface area contributed by atoms with Gasteiger partial charge in [-0.2, -0.15) is 0 Å². The zero-order valence-electron chi connectivity index (χ0n) is 8.72. The van der Waals surface area contributed by atoms with Gasteiger partial charge in [-0.05, 0) is 32.2 Å². The predicted octanol–water partition coefficient (Wildman–Crippen LogP) is 1.04. The summed E-state index contributed by atoms with van der Waals surface area (Å²) in [4.78, 5) is 11.8. The van der Waals surface area contributed by atoms with Gasteiger partial charge in [0.05, 0.1) is 0 Å². The Bertz CT molecular complexity index is 193. The fraction of sp³-hybridized carbons (Fsp3) is 0.909. The second-order valence-corrected chi connectivity index (χ2v) is 4.53. The summed E-state index contributed by atoms with van der Waals surface area (Å²) in [5.74, 6) is 0.619. The SMILES string of the molecule is O=C(NC1CCCNC1)C1CCCC1. The van der Waals surface area contributed by atoms with Crippen LogP contribution in [0, 0.1) is 5.92 Å². The molecule has 1 atom stereocenters. The third-order valence-corrected chi connectivity index (χ3v) is 3.37. The van der Waals surface area contributed by atoms with Gasteiger partial charge >= 0.3 is 0 Å². The highest BCUT2D eigenvalue weighted by molar-refractivity contribution is 5.79. The van der Waals surface area contributed by atoms with E-state index in [1.165, 1.54) is 19.3 Å². The van der Waals surface area contributed by atoms with Gasteiger partial charge in [0, 0.05) is 18.5 Å². The lowest BCUT2D eigenvalue weighted by atomic mass is 10.0. The standard InChI is InChI=1S/C11H20N2O/c14-11(9-4-1-2-5-9)13-10-6-3-7-12-8-10/h9-10,12H,1-8H2,(H,13,14). The number of nitrogens with one attached hydrogen (secondary N) is 2. The molecule has 80 valence electrons. The predicted molar refractivity (Wildman–Crippen MR) is 56.0 cm³/mol. The van der Waals surface area contributed by atoms with Crippen LogP contribution in [0.5, 0.6) is 0 Å². The molecule has 3 heteroatoms. The lowest BCUT2D eigenvalue weighted by Gasteiger charge is -2.25. The average molecular weight is 196 g/mol. The van der Waals surface area contributed by atoms with Gasteiger partial charge in [0.15, 0.2) is 0 Å². The molecule has 0 bridgehead atoms. The van der Waals surface area contributed by atoms with Crippen LogP contribution in [0.15, 0.2) is 0 Å². The van der Waals surface area contributed by atoms with Crippen molar-refractivity contribution in [3.8, 4) is 0 Å². The monoisotopic (exact) mass is 196 g/mol. The number of amides is 1. The quantitative estimate of drug-likeness (QED) is 0.693. The molecule has 1 heterocycles. The zero-order valence-corrected chi connectivity index (χ0v) is 8.72. The van der Waals surface area contributed by atoms with E-state index in [0.29, 0.717) is 17.9 Å². The molecule has 1 unspecified atom stereocenters. The molecule has 1 saturated carbocycles. The first-order valence-electron chi connectivity index (χ1n) is 5.87. The highest BCUT2D eigenvalue weighted by Gasteiger charge is 2.24. The Balaban J connectivity index is 1.75. The molecule has 14 heavy (non-hydrogen) atoms. The van der Waals surface area contributed by atoms with Gasteiger partial charge in [0.2, 0.25) is 5.91 Å². The molecule has 0 spiro atoms. The van der Waals surface area contributed by atoms with E-state index in [-0.39, 0.29) is 0 Å². The molecule has 0 radical (unpaired) electrons. The summed E-state index contributed by atoms with van der Waals surface area (Å²) in [7, 11) is 0. The van der Waals surface area contributed by atoms with Gasteiger partial charge < -0.3 is 10.6 Å². The van der Waals surface area contributed by atoms with E-state index in [4.69, 9.17) is 0 Å². The molecule has 1 amide bonds. The van der Waals surface area contributed by atoms with E-state index in [2.05, 4.69) is 10.6 Å². The van der Waals surface area contributed by atoms with Gasteiger partial charge in [-0.15, -0.1) is 0 Å². The molecule has 2 rings (SSSR count). The van der Waals surface area contributed by atoms with E-state index in [1.54, 1.807) is 0 Å². The van der Waals surface area contributed by atoms with Gasteiger partial charge in [-0.25, -0.2) is 0 Å². The summed E-state index contributed by atoms with van der Waals surface area (Å²) in [6.07, 6.45) is 7.01. The highest BCUT2D eigenvalue weighted by atomic mass is 16.1. The zero-order chi connectivity index (χ0) is 9.80. The fourth-order valence-corrected chi connectivity index (χ4v) is 2.48. The van der Waals surface area contributed by atoms with Crippen LogP contribution in [0.2, 0.25) is 0 Å². The Hall–Kier alpha value is -0.570. The van der Waals surface area contributed by atoms with E-state index in [9.17, 15) is 4.79 Å². The van der Waals surface area contributed by atoms with Crippen molar-refractivity contribution in [2.75, 3.05) is 13.1 Å². The topological polar surface area (TPSA) is 41.1 Å². The fourth-order valence-electron chi connectivity index (χ4n) is 2.48. The van der Waals surface area contributed by atoms with Crippen molar-refractivity contribution in [3.63, 3.8) is 0 Å². The van der Waals surface area contributed by atoms with Crippen molar-refractivity contribution in [1.82, 2.24) is 10.6 Å². The van der Waals surface area contributed by atoms with Crippen LogP contribution >= 0.6 is 0 Å². The van der Waals surface area contributed by atoms with Crippen LogP contribution in [0.4, 0.5) is 0 Å². The van der Waals surface area contributed by atoms with Gasteiger partial charge in [0.1, 0.15) is 0 Å². The third-order valence-electron chi connectivity index (χ3n) is 3.37. The Morgan fingerprint density at radius 1 is 1.14 bits per heavy atom. The smallest absolute Gasteiger partial charge is 0.223 e. The summed E-state index contributed by atoms with van der Waals surface area (Å²) < 4.78 is 0. The van der Waals surface area contributed by atoms with Crippen molar-refractivity contribution in [3.05, 3.63) is 0 Å². The molecule has 2 fully saturated rings. The van der Waals surface area contributed by atoms with Gasteiger partial charge in [-0.1, -0.05) is 12.8 Å². The van der Waals surface area contributed by atoms with Gasteiger partial charge in [0.25, 0.3) is 0 Å². The lowest BCUT2D eigenvalue weighted by molar-refractivity contribution is -0.125. The lowest BCUT2D eigenvalue weighted by Crippen LogP contribution is -2.47. The van der Waals surface area contributed by atoms with Crippen LogP contribution < -0.4 is 10.6 Å². The number of carbonyl (C=O) groups excluding carboxylic acids is 1. The Labute approximate surface area is 85.6 Å². The van der Waals surface area contributed by atoms with Crippen molar-refractivity contribution in [1.29, 1.82) is 0 Å². The maximum atomic E-state index is 11.8. The number of carbonyl (C=O) groups is 1. The Morgan fingerprint density at radius 3 is 2.57 bits per heavy atom. The second-order valence-electron chi connectivity index (χ2n) is 4.53. The van der Waals surface area contributed by atoms with Crippen LogP contribution in [-0.2, 0) is 4.79 Å². The van der Waals surface area contributed by atoms with E-state index >= 15 is 0 Å². The summed E-state index contributed by atoms with van der Waals surface area (Å²) in [5.41, 5.74) is 0. The first-order valence-corrected chi connectivity index (χ1v) is 5.87. The number of piperidine rings is 1. The first kappa shape index (κ1) is 9.97. The minimum atomic E-state index is 0.302. The number of rotatable bonds is 2. The molecule has 1 aliphatic carbocycles. The van der Waals surface area contributed by atoms with E-state index in [0.717, 1.165) is 32.4 Å². The van der Waals surface area contributed by atoms with Crippen LogP contribution in [0.25, 0.3) is 0 Å². The summed E-state index contributed by atoms with van der Waals surface area (Å²) in [6, 6.07) is 0.386. The Morgan fingerprint density at radius 2 is 1.93 bits per heavy atom. The average Bonchev–Trinajstić information content (AvgIpc) is 2.72. The van der Waals surface area contributed by atoms with Crippen molar-refractivity contribution in [2.24, 2.45) is 5.92 Å². The van der Waals surface area contributed by atoms with E-state index in [1.807, 2.05) is 0 Å². The number of hydrogen-bond donors (Lipinski definition) is 2. The molecule has 1 aliphatic heterocycles. The minimum Gasteiger partial charge on any atom is -0.352 e. The molecule has 1 saturated heterocycles. The molecule has 3 nitrogen and oxygen atoms in total. The maximum absolute atomic E-state index is 11.8. The summed E-state index contributed by atoms with van der Waals surface area (Å²) in [6.45, 7) is 2.06. The summed E-state index contributed by atoms with van der Waals surface area (Å²) in [5, 5.41) is 6.48. The molecule has 0 aromatic carbocycles. The highest BCUT2D eigenvalue weighted by Crippen LogP contribution is 2.24. The van der Waals surface area contributed by atoms with Crippen molar-refractivity contribution < 1.29 is 4.79 Å². The minimum absolute atomic E-state index is 0.302. The van der Waals surface area contributed by atoms with Crippen molar-refractivity contribution in [2.45, 2.75) is 44.6 Å². The summed E-state index contributed by atoms with van der Waals surface area (Å²) >= 11 is 0. The molecule has 2 N–H and O–H groups in total. The van der Waals surface area contributed by atoms with Crippen LogP contribution in [0.3, 0.4) is 0 Å². The maximum Gasteiger partial charge on any atom is 0.223 e. The Kier molecular flexibility index (Phi) is 3.40. The molecular weight excluding hydrogens is 176 g/mol. The van der Waals surface area contributed by atoms with Crippen LogP contribution in [0.1, 0.15) is 38.5 Å². The van der Waals surface area contributed by atoms with E-state index < -0.39 is 0 Å². The van der Waals surface area contributed by atoms with Crippen molar-refractivity contribution >= 4 is 5.91 Å². The molecular formula is C11H20N2O. The third kappa shape index (κ3) is 2.47. The van der Waals surface area contributed by atoms with Gasteiger partial charge in [-0.3, -0.25) is 4.79 Å².